The number of hydrogen-bond acceptors (Lipinski definition) is 1. The van der Waals surface area contributed by atoms with Crippen LogP contribution in [0.2, 0.25) is 0 Å². The van der Waals surface area contributed by atoms with Crippen LogP contribution in [0.3, 0.4) is 0 Å². The number of hydrogen-bond donors (Lipinski definition) is 0. The van der Waals surface area contributed by atoms with Crippen LogP contribution in [0.25, 0.3) is 0 Å². The fourth-order valence-corrected chi connectivity index (χ4v) is 1.38. The Morgan fingerprint density at radius 1 is 0.714 bits per heavy atom. The Kier molecular flexibility index (Phi) is 8.41. The standard InChI is InChI=1S/C12H26O.Li/c1-7-11(5,8-2)13-12(6,9-3)10-4;/h7-10H2,1-6H3;. The van der Waals surface area contributed by atoms with Crippen LogP contribution in [-0.2, 0) is 4.74 Å². The maximum atomic E-state index is 6.22. The van der Waals surface area contributed by atoms with E-state index in [-0.39, 0.29) is 30.1 Å². The monoisotopic (exact) mass is 193 g/mol. The van der Waals surface area contributed by atoms with Gasteiger partial charge in [-0.3, -0.25) is 0 Å². The maximum absolute atomic E-state index is 6.22. The van der Waals surface area contributed by atoms with Crippen molar-refractivity contribution in [3.05, 3.63) is 0 Å². The van der Waals surface area contributed by atoms with Crippen molar-refractivity contribution in [2.45, 2.75) is 78.4 Å². The van der Waals surface area contributed by atoms with Crippen molar-refractivity contribution in [3.63, 3.8) is 0 Å². The summed E-state index contributed by atoms with van der Waals surface area (Å²) in [7, 11) is 0. The molecular formula is C12H26LiO. The first-order chi connectivity index (χ1) is 5.95. The topological polar surface area (TPSA) is 9.23 Å². The minimum atomic E-state index is 0. The van der Waals surface area contributed by atoms with Crippen molar-refractivity contribution in [1.29, 1.82) is 0 Å². The Balaban J connectivity index is 0. The van der Waals surface area contributed by atoms with Crippen molar-refractivity contribution in [1.82, 2.24) is 0 Å². The molecule has 0 N–H and O–H groups in total. The fraction of sp³-hybridized carbons (Fsp3) is 1.00. The molecule has 0 aliphatic carbocycles. The molecule has 0 amide bonds. The molecule has 2 heteroatoms. The molecule has 0 saturated carbocycles. The summed E-state index contributed by atoms with van der Waals surface area (Å²) < 4.78 is 6.22. The molecule has 0 aromatic rings. The van der Waals surface area contributed by atoms with Crippen LogP contribution in [0.15, 0.2) is 0 Å². The molecule has 0 fully saturated rings. The molecule has 0 atom stereocenters. The molecule has 0 bridgehead atoms. The second-order valence-corrected chi connectivity index (χ2v) is 4.42. The predicted molar refractivity (Wildman–Crippen MR) is 64.8 cm³/mol. The SMILES string of the molecule is CCC(C)(CC)OC(C)(CC)CC.[Li]. The summed E-state index contributed by atoms with van der Waals surface area (Å²) in [5.41, 5.74) is 0.140. The van der Waals surface area contributed by atoms with E-state index in [0.29, 0.717) is 0 Å². The summed E-state index contributed by atoms with van der Waals surface area (Å²) in [6.07, 6.45) is 4.39. The van der Waals surface area contributed by atoms with Crippen LogP contribution < -0.4 is 0 Å². The van der Waals surface area contributed by atoms with Crippen molar-refractivity contribution < 1.29 is 4.74 Å². The average Bonchev–Trinajstić information content (AvgIpc) is 2.17. The zero-order chi connectivity index (χ0) is 10.5. The Hall–Kier alpha value is 0.557. The van der Waals surface area contributed by atoms with Crippen LogP contribution >= 0.6 is 0 Å². The molecule has 1 nitrogen and oxygen atoms in total. The Labute approximate surface area is 102 Å². The largest absolute Gasteiger partial charge is 0.369 e. The van der Waals surface area contributed by atoms with Gasteiger partial charge in [0.2, 0.25) is 0 Å². The second kappa shape index (κ2) is 6.94. The van der Waals surface area contributed by atoms with E-state index in [9.17, 15) is 0 Å². The molecule has 1 radical (unpaired) electrons. The minimum Gasteiger partial charge on any atom is -0.369 e. The first-order valence-corrected chi connectivity index (χ1v) is 5.65. The van der Waals surface area contributed by atoms with E-state index < -0.39 is 0 Å². The smallest absolute Gasteiger partial charge is 0.0656 e. The summed E-state index contributed by atoms with van der Waals surface area (Å²) in [5, 5.41) is 0. The molecule has 0 aliphatic rings. The fourth-order valence-electron chi connectivity index (χ4n) is 1.38. The Morgan fingerprint density at radius 2 is 0.929 bits per heavy atom. The van der Waals surface area contributed by atoms with Crippen LogP contribution in [-0.4, -0.2) is 30.1 Å². The summed E-state index contributed by atoms with van der Waals surface area (Å²) in [6, 6.07) is 0. The van der Waals surface area contributed by atoms with Gasteiger partial charge in [0, 0.05) is 18.9 Å². The number of rotatable bonds is 6. The van der Waals surface area contributed by atoms with Crippen molar-refractivity contribution in [2.24, 2.45) is 0 Å². The molecule has 0 spiro atoms. The van der Waals surface area contributed by atoms with Gasteiger partial charge in [-0.25, -0.2) is 0 Å². The molecule has 0 unspecified atom stereocenters. The van der Waals surface area contributed by atoms with Gasteiger partial charge < -0.3 is 4.74 Å². The van der Waals surface area contributed by atoms with Crippen molar-refractivity contribution >= 4 is 18.9 Å². The van der Waals surface area contributed by atoms with E-state index in [4.69, 9.17) is 4.74 Å². The van der Waals surface area contributed by atoms with Gasteiger partial charge in [0.15, 0.2) is 0 Å². The van der Waals surface area contributed by atoms with E-state index >= 15 is 0 Å². The molecule has 0 aromatic carbocycles. The van der Waals surface area contributed by atoms with Crippen LogP contribution in [0.1, 0.15) is 67.2 Å². The molecule has 0 heterocycles. The molecule has 0 saturated heterocycles. The van der Waals surface area contributed by atoms with Crippen LogP contribution in [0.5, 0.6) is 0 Å². The zero-order valence-corrected chi connectivity index (χ0v) is 11.2. The van der Waals surface area contributed by atoms with Gasteiger partial charge >= 0.3 is 0 Å². The predicted octanol–water partition coefficient (Wildman–Crippen LogP) is 3.78. The quantitative estimate of drug-likeness (QED) is 0.583. The van der Waals surface area contributed by atoms with E-state index in [0.717, 1.165) is 25.7 Å². The summed E-state index contributed by atoms with van der Waals surface area (Å²) >= 11 is 0. The summed E-state index contributed by atoms with van der Waals surface area (Å²) in [6.45, 7) is 13.3. The first kappa shape index (κ1) is 17.0. The molecule has 0 aromatic heterocycles. The van der Waals surface area contributed by atoms with Crippen molar-refractivity contribution in [3.8, 4) is 0 Å². The molecule has 81 valence electrons. The zero-order valence-electron chi connectivity index (χ0n) is 11.2. The van der Waals surface area contributed by atoms with E-state index in [1.807, 2.05) is 0 Å². The normalized spacial score (nSPS) is 12.4. The van der Waals surface area contributed by atoms with Gasteiger partial charge in [-0.15, -0.1) is 0 Å². The number of ether oxygens (including phenoxy) is 1. The van der Waals surface area contributed by atoms with Gasteiger partial charge in [0.05, 0.1) is 11.2 Å². The summed E-state index contributed by atoms with van der Waals surface area (Å²) in [4.78, 5) is 0. The molecule has 14 heavy (non-hydrogen) atoms. The van der Waals surface area contributed by atoms with Gasteiger partial charge in [0.25, 0.3) is 0 Å². The first-order valence-electron chi connectivity index (χ1n) is 5.65. The Bertz CT molecular complexity index is 121. The Morgan fingerprint density at radius 3 is 1.07 bits per heavy atom. The third-order valence-electron chi connectivity index (χ3n) is 3.48. The summed E-state index contributed by atoms with van der Waals surface area (Å²) in [5.74, 6) is 0. The van der Waals surface area contributed by atoms with Gasteiger partial charge in [-0.05, 0) is 39.5 Å². The third kappa shape index (κ3) is 4.87. The van der Waals surface area contributed by atoms with Crippen LogP contribution in [0, 0.1) is 0 Å². The molecular weight excluding hydrogens is 167 g/mol. The molecule has 0 rings (SSSR count). The van der Waals surface area contributed by atoms with Crippen LogP contribution in [0.4, 0.5) is 0 Å². The maximum Gasteiger partial charge on any atom is 0.0656 e. The van der Waals surface area contributed by atoms with E-state index in [2.05, 4.69) is 41.5 Å². The third-order valence-corrected chi connectivity index (χ3v) is 3.48. The van der Waals surface area contributed by atoms with Gasteiger partial charge in [-0.2, -0.15) is 0 Å². The minimum absolute atomic E-state index is 0. The van der Waals surface area contributed by atoms with Gasteiger partial charge in [-0.1, -0.05) is 27.7 Å². The average molecular weight is 193 g/mol. The second-order valence-electron chi connectivity index (χ2n) is 4.42. The van der Waals surface area contributed by atoms with Crippen molar-refractivity contribution in [2.75, 3.05) is 0 Å². The van der Waals surface area contributed by atoms with E-state index in [1.54, 1.807) is 0 Å². The van der Waals surface area contributed by atoms with E-state index in [1.165, 1.54) is 0 Å². The van der Waals surface area contributed by atoms with Gasteiger partial charge in [0.1, 0.15) is 0 Å². The molecule has 0 aliphatic heterocycles.